The van der Waals surface area contributed by atoms with E-state index in [4.69, 9.17) is 10.4 Å². The van der Waals surface area contributed by atoms with E-state index < -0.39 is 4.92 Å². The molecule has 8 nitrogen and oxygen atoms in total. The lowest BCUT2D eigenvalue weighted by atomic mass is 9.90. The van der Waals surface area contributed by atoms with Crippen LogP contribution in [0.2, 0.25) is 0 Å². The molecule has 8 heteroatoms. The van der Waals surface area contributed by atoms with Gasteiger partial charge in [-0.2, -0.15) is 0 Å². The predicted molar refractivity (Wildman–Crippen MR) is 77.0 cm³/mol. The minimum absolute atomic E-state index is 0.0873. The summed E-state index contributed by atoms with van der Waals surface area (Å²) in [6.45, 7) is 3.74. The molecule has 1 aliphatic rings. The minimum atomic E-state index is -0.475. The summed E-state index contributed by atoms with van der Waals surface area (Å²) >= 11 is 0. The average molecular weight is 291 g/mol. The number of piperidine rings is 1. The number of nitrogens with two attached hydrogens (primary N) is 1. The Bertz CT molecular complexity index is 671. The van der Waals surface area contributed by atoms with E-state index in [2.05, 4.69) is 22.1 Å². The topological polar surface area (TPSA) is 111 Å². The van der Waals surface area contributed by atoms with Crippen molar-refractivity contribution in [3.05, 3.63) is 22.2 Å². The number of hydrogen-bond donors (Lipinski definition) is 1. The summed E-state index contributed by atoms with van der Waals surface area (Å²) < 4.78 is 4.71. The molecular formula is C13H17N5O3. The molecule has 0 spiro atoms. The van der Waals surface area contributed by atoms with E-state index in [1.807, 2.05) is 0 Å². The SMILES string of the molecule is CCC1CN(c2ccc([N+](=O)[O-])c3nonc23)CCC1N. The monoisotopic (exact) mass is 291 g/mol. The van der Waals surface area contributed by atoms with E-state index in [0.29, 0.717) is 11.4 Å². The van der Waals surface area contributed by atoms with E-state index in [0.717, 1.165) is 31.6 Å². The smallest absolute Gasteiger partial charge is 0.300 e. The highest BCUT2D eigenvalue weighted by Crippen LogP contribution is 2.33. The summed E-state index contributed by atoms with van der Waals surface area (Å²) in [5, 5.41) is 18.5. The molecule has 0 amide bonds. The first kappa shape index (κ1) is 13.7. The normalized spacial score (nSPS) is 22.7. The molecule has 0 radical (unpaired) electrons. The second kappa shape index (κ2) is 5.28. The molecule has 2 atom stereocenters. The molecule has 1 saturated heterocycles. The van der Waals surface area contributed by atoms with Gasteiger partial charge in [0, 0.05) is 25.2 Å². The maximum atomic E-state index is 11.0. The van der Waals surface area contributed by atoms with Crippen LogP contribution in [0.3, 0.4) is 0 Å². The van der Waals surface area contributed by atoms with E-state index >= 15 is 0 Å². The summed E-state index contributed by atoms with van der Waals surface area (Å²) in [7, 11) is 0. The van der Waals surface area contributed by atoms with Crippen molar-refractivity contribution in [2.75, 3.05) is 18.0 Å². The van der Waals surface area contributed by atoms with Crippen LogP contribution in [-0.4, -0.2) is 34.4 Å². The zero-order valence-corrected chi connectivity index (χ0v) is 11.7. The molecule has 1 aliphatic heterocycles. The maximum Gasteiger partial charge on any atom is 0.300 e. The van der Waals surface area contributed by atoms with Gasteiger partial charge in [0.25, 0.3) is 0 Å². The summed E-state index contributed by atoms with van der Waals surface area (Å²) in [6, 6.07) is 3.38. The number of nitrogens with zero attached hydrogens (tertiary/aromatic N) is 4. The Balaban J connectivity index is 2.00. The Morgan fingerprint density at radius 1 is 1.48 bits per heavy atom. The number of non-ortho nitro benzene ring substituents is 1. The van der Waals surface area contributed by atoms with Crippen molar-refractivity contribution >= 4 is 22.4 Å². The number of benzene rings is 1. The fourth-order valence-corrected chi connectivity index (χ4v) is 2.94. The van der Waals surface area contributed by atoms with Crippen molar-refractivity contribution < 1.29 is 9.55 Å². The van der Waals surface area contributed by atoms with Gasteiger partial charge >= 0.3 is 5.69 Å². The second-order valence-electron chi connectivity index (χ2n) is 5.39. The zero-order chi connectivity index (χ0) is 15.0. The molecule has 1 aromatic heterocycles. The van der Waals surface area contributed by atoms with Gasteiger partial charge in [0.2, 0.25) is 5.52 Å². The summed E-state index contributed by atoms with van der Waals surface area (Å²) in [6.07, 6.45) is 1.90. The molecule has 0 aliphatic carbocycles. The lowest BCUT2D eigenvalue weighted by Gasteiger charge is -2.37. The summed E-state index contributed by atoms with van der Waals surface area (Å²) in [5.74, 6) is 0.406. The third kappa shape index (κ3) is 2.31. The Kier molecular flexibility index (Phi) is 3.46. The number of aromatic nitrogens is 2. The summed E-state index contributed by atoms with van der Waals surface area (Å²) in [4.78, 5) is 12.7. The van der Waals surface area contributed by atoms with Crippen LogP contribution in [0.5, 0.6) is 0 Å². The maximum absolute atomic E-state index is 11.0. The van der Waals surface area contributed by atoms with Crippen LogP contribution >= 0.6 is 0 Å². The quantitative estimate of drug-likeness (QED) is 0.676. The molecule has 3 rings (SSSR count). The van der Waals surface area contributed by atoms with Crippen molar-refractivity contribution in [2.45, 2.75) is 25.8 Å². The highest BCUT2D eigenvalue weighted by atomic mass is 16.6. The number of rotatable bonds is 3. The summed E-state index contributed by atoms with van der Waals surface area (Å²) in [5.41, 5.74) is 7.49. The van der Waals surface area contributed by atoms with Crippen LogP contribution in [0, 0.1) is 16.0 Å². The van der Waals surface area contributed by atoms with Crippen molar-refractivity contribution in [1.29, 1.82) is 0 Å². The predicted octanol–water partition coefficient (Wildman–Crippen LogP) is 1.69. The molecule has 2 aromatic rings. The van der Waals surface area contributed by atoms with Crippen LogP contribution in [-0.2, 0) is 0 Å². The van der Waals surface area contributed by atoms with Crippen LogP contribution < -0.4 is 10.6 Å². The van der Waals surface area contributed by atoms with E-state index in [1.165, 1.54) is 6.07 Å². The molecule has 0 saturated carbocycles. The van der Waals surface area contributed by atoms with Crippen molar-refractivity contribution in [1.82, 2.24) is 10.3 Å². The van der Waals surface area contributed by atoms with Crippen LogP contribution in [0.4, 0.5) is 11.4 Å². The van der Waals surface area contributed by atoms with Gasteiger partial charge in [0.1, 0.15) is 0 Å². The number of fused-ring (bicyclic) bond motifs is 1. The lowest BCUT2D eigenvalue weighted by Crippen LogP contribution is -2.47. The Morgan fingerprint density at radius 2 is 2.24 bits per heavy atom. The van der Waals surface area contributed by atoms with Crippen LogP contribution in [0.15, 0.2) is 16.8 Å². The Labute approximate surface area is 121 Å². The van der Waals surface area contributed by atoms with Gasteiger partial charge in [-0.25, -0.2) is 4.63 Å². The largest absolute Gasteiger partial charge is 0.369 e. The Hall–Kier alpha value is -2.22. The third-order valence-corrected chi connectivity index (χ3v) is 4.23. The highest BCUT2D eigenvalue weighted by molar-refractivity contribution is 5.93. The number of anilines is 1. The molecule has 0 bridgehead atoms. The van der Waals surface area contributed by atoms with E-state index in [1.54, 1.807) is 6.07 Å². The molecule has 1 fully saturated rings. The van der Waals surface area contributed by atoms with Gasteiger partial charge in [-0.05, 0) is 28.7 Å². The van der Waals surface area contributed by atoms with Gasteiger partial charge < -0.3 is 10.6 Å². The molecule has 112 valence electrons. The fourth-order valence-electron chi connectivity index (χ4n) is 2.94. The number of hydrogen-bond acceptors (Lipinski definition) is 7. The van der Waals surface area contributed by atoms with Crippen LogP contribution in [0.1, 0.15) is 19.8 Å². The standard InChI is InChI=1S/C13H17N5O3/c1-2-8-7-17(6-5-9(8)14)10-3-4-11(18(19)20)13-12(10)15-21-16-13/h3-4,8-9H,2,5-7,14H2,1H3. The average Bonchev–Trinajstić information content (AvgIpc) is 2.96. The van der Waals surface area contributed by atoms with Crippen molar-refractivity contribution in [2.24, 2.45) is 11.7 Å². The first-order valence-corrected chi connectivity index (χ1v) is 7.02. The van der Waals surface area contributed by atoms with Gasteiger partial charge in [0.05, 0.1) is 10.6 Å². The fraction of sp³-hybridized carbons (Fsp3) is 0.538. The zero-order valence-electron chi connectivity index (χ0n) is 11.7. The molecule has 2 unspecified atom stereocenters. The second-order valence-corrected chi connectivity index (χ2v) is 5.39. The molecule has 21 heavy (non-hydrogen) atoms. The molecular weight excluding hydrogens is 274 g/mol. The van der Waals surface area contributed by atoms with Gasteiger partial charge in [0.15, 0.2) is 5.52 Å². The van der Waals surface area contributed by atoms with Gasteiger partial charge in [-0.3, -0.25) is 10.1 Å². The number of nitro groups is 1. The van der Waals surface area contributed by atoms with Gasteiger partial charge in [-0.1, -0.05) is 13.3 Å². The highest BCUT2D eigenvalue weighted by Gasteiger charge is 2.28. The first-order valence-electron chi connectivity index (χ1n) is 7.02. The number of nitro benzene ring substituents is 1. The van der Waals surface area contributed by atoms with Gasteiger partial charge in [-0.15, -0.1) is 0 Å². The Morgan fingerprint density at radius 3 is 2.95 bits per heavy atom. The molecule has 2 N–H and O–H groups in total. The van der Waals surface area contributed by atoms with Crippen molar-refractivity contribution in [3.63, 3.8) is 0 Å². The van der Waals surface area contributed by atoms with E-state index in [9.17, 15) is 10.1 Å². The minimum Gasteiger partial charge on any atom is -0.369 e. The lowest BCUT2D eigenvalue weighted by molar-refractivity contribution is -0.383. The first-order chi connectivity index (χ1) is 10.1. The van der Waals surface area contributed by atoms with Crippen molar-refractivity contribution in [3.8, 4) is 0 Å². The third-order valence-electron chi connectivity index (χ3n) is 4.23. The molecule has 2 heterocycles. The molecule has 1 aromatic carbocycles. The van der Waals surface area contributed by atoms with Crippen LogP contribution in [0.25, 0.3) is 11.0 Å². The van der Waals surface area contributed by atoms with E-state index in [-0.39, 0.29) is 17.2 Å².